The van der Waals surface area contributed by atoms with E-state index in [1.807, 2.05) is 0 Å². The zero-order valence-corrected chi connectivity index (χ0v) is 11.2. The Hall–Kier alpha value is -1.40. The van der Waals surface area contributed by atoms with Crippen LogP contribution in [0.1, 0.15) is 20.3 Å². The van der Waals surface area contributed by atoms with Crippen molar-refractivity contribution in [1.29, 1.82) is 0 Å². The average Bonchev–Trinajstić information content (AvgIpc) is 2.62. The molecule has 2 heterocycles. The van der Waals surface area contributed by atoms with E-state index in [1.165, 1.54) is 0 Å². The van der Waals surface area contributed by atoms with Crippen LogP contribution in [0.2, 0.25) is 0 Å². The lowest BCUT2D eigenvalue weighted by atomic mass is 10.2. The molecule has 2 rings (SSSR count). The number of carbonyl (C=O) groups is 1. The lowest BCUT2D eigenvalue weighted by Gasteiger charge is -2.08. The number of carboxylic acids is 1. The van der Waals surface area contributed by atoms with Crippen LogP contribution in [0.5, 0.6) is 0 Å². The van der Waals surface area contributed by atoms with Gasteiger partial charge in [-0.1, -0.05) is 0 Å². The van der Waals surface area contributed by atoms with Crippen molar-refractivity contribution in [3.05, 3.63) is 28.1 Å². The molecule has 0 amide bonds. The highest BCUT2D eigenvalue weighted by Gasteiger charge is 2.17. The molecule has 0 unspecified atom stereocenters. The van der Waals surface area contributed by atoms with E-state index in [4.69, 9.17) is 8.85 Å². The maximum absolute atomic E-state index is 11.3. The van der Waals surface area contributed by atoms with E-state index < -0.39 is 13.0 Å². The molecule has 5 nitrogen and oxygen atoms in total. The monoisotopic (exact) mass is 315 g/mol. The van der Waals surface area contributed by atoms with Crippen LogP contribution in [-0.2, 0) is 11.3 Å². The summed E-state index contributed by atoms with van der Waals surface area (Å²) in [4.78, 5) is 15.4. The standard InChI is InChI=1S/C12H13BrN2O3/c1-7-5-8-6-9(13)15(3-4-18-2)11(8)10(14-7)12(16)17/h5-6H,3-4H2,1-2H3,(H,16,17)/i2D3. The van der Waals surface area contributed by atoms with E-state index in [9.17, 15) is 9.90 Å². The first-order chi connectivity index (χ1) is 9.69. The molecule has 0 aliphatic carbocycles. The number of carboxylic acid groups (broad SMARTS) is 1. The van der Waals surface area contributed by atoms with Gasteiger partial charge in [0.25, 0.3) is 0 Å². The molecule has 6 heteroatoms. The lowest BCUT2D eigenvalue weighted by Crippen LogP contribution is -2.09. The third-order valence-corrected chi connectivity index (χ3v) is 3.23. The zero-order valence-electron chi connectivity index (χ0n) is 12.6. The molecule has 96 valence electrons. The Morgan fingerprint density at radius 3 is 3.11 bits per heavy atom. The van der Waals surface area contributed by atoms with Gasteiger partial charge >= 0.3 is 5.97 Å². The van der Waals surface area contributed by atoms with E-state index in [0.29, 0.717) is 15.8 Å². The van der Waals surface area contributed by atoms with Crippen LogP contribution in [-0.4, -0.2) is 34.3 Å². The molecular weight excluding hydrogens is 300 g/mol. The van der Waals surface area contributed by atoms with E-state index in [0.717, 1.165) is 5.39 Å². The molecule has 2 aromatic rings. The van der Waals surface area contributed by atoms with Gasteiger partial charge in [0.2, 0.25) is 0 Å². The molecule has 18 heavy (non-hydrogen) atoms. The Bertz CT molecular complexity index is 697. The van der Waals surface area contributed by atoms with Gasteiger partial charge in [0.05, 0.1) is 20.8 Å². The summed E-state index contributed by atoms with van der Waals surface area (Å²) < 4.78 is 28.0. The third kappa shape index (κ3) is 2.26. The molecule has 1 N–H and O–H groups in total. The van der Waals surface area contributed by atoms with Crippen molar-refractivity contribution in [2.75, 3.05) is 13.6 Å². The van der Waals surface area contributed by atoms with Crippen LogP contribution in [0, 0.1) is 6.92 Å². The van der Waals surface area contributed by atoms with Gasteiger partial charge in [0.15, 0.2) is 5.69 Å². The largest absolute Gasteiger partial charge is 0.476 e. The summed E-state index contributed by atoms with van der Waals surface area (Å²) in [5, 5.41) is 10.0. The van der Waals surface area contributed by atoms with Crippen LogP contribution in [0.25, 0.3) is 10.9 Å². The molecule has 0 saturated carbocycles. The molecule has 0 atom stereocenters. The number of aryl methyl sites for hydroxylation is 1. The fourth-order valence-electron chi connectivity index (χ4n) is 1.90. The number of pyridine rings is 1. The fourth-order valence-corrected chi connectivity index (χ4v) is 2.50. The number of methoxy groups -OCH3 is 1. The number of hydrogen-bond donors (Lipinski definition) is 1. The highest BCUT2D eigenvalue weighted by atomic mass is 79.9. The summed E-state index contributed by atoms with van der Waals surface area (Å²) >= 11 is 3.34. The summed E-state index contributed by atoms with van der Waals surface area (Å²) in [7, 11) is -2.47. The quantitative estimate of drug-likeness (QED) is 0.941. The second-order valence-corrected chi connectivity index (χ2v) is 4.63. The Kier molecular flexibility index (Phi) is 2.68. The summed E-state index contributed by atoms with van der Waals surface area (Å²) in [5.41, 5.74) is 0.974. The minimum Gasteiger partial charge on any atom is -0.476 e. The fraction of sp³-hybridized carbons (Fsp3) is 0.333. The molecule has 0 bridgehead atoms. The van der Waals surface area contributed by atoms with E-state index in [-0.39, 0.29) is 18.8 Å². The molecule has 0 aromatic carbocycles. The maximum atomic E-state index is 11.3. The predicted octanol–water partition coefficient (Wildman–Crippen LogP) is 2.45. The maximum Gasteiger partial charge on any atom is 0.356 e. The number of halogens is 1. The topological polar surface area (TPSA) is 64.4 Å². The van der Waals surface area contributed by atoms with E-state index >= 15 is 0 Å². The van der Waals surface area contributed by atoms with Crippen LogP contribution in [0.3, 0.4) is 0 Å². The number of aromatic carboxylic acids is 1. The van der Waals surface area contributed by atoms with Crippen molar-refractivity contribution < 1.29 is 18.8 Å². The third-order valence-electron chi connectivity index (χ3n) is 2.57. The Balaban J connectivity index is 2.43. The van der Waals surface area contributed by atoms with E-state index in [1.54, 1.807) is 23.6 Å². The van der Waals surface area contributed by atoms with Gasteiger partial charge in [-0.2, -0.15) is 0 Å². The predicted molar refractivity (Wildman–Crippen MR) is 71.0 cm³/mol. The van der Waals surface area contributed by atoms with Crippen molar-refractivity contribution in [2.24, 2.45) is 0 Å². The smallest absolute Gasteiger partial charge is 0.356 e. The summed E-state index contributed by atoms with van der Waals surface area (Å²) in [5.74, 6) is -1.13. The van der Waals surface area contributed by atoms with Gasteiger partial charge in [0, 0.05) is 24.7 Å². The van der Waals surface area contributed by atoms with Crippen molar-refractivity contribution in [2.45, 2.75) is 13.5 Å². The van der Waals surface area contributed by atoms with Gasteiger partial charge < -0.3 is 14.4 Å². The second kappa shape index (κ2) is 5.07. The number of nitrogens with zero attached hydrogens (tertiary/aromatic N) is 2. The van der Waals surface area contributed by atoms with Gasteiger partial charge in [-0.25, -0.2) is 9.78 Å². The highest BCUT2D eigenvalue weighted by Crippen LogP contribution is 2.27. The number of hydrogen-bond acceptors (Lipinski definition) is 3. The lowest BCUT2D eigenvalue weighted by molar-refractivity contribution is 0.0692. The summed E-state index contributed by atoms with van der Waals surface area (Å²) in [6.45, 7) is 1.86. The minimum absolute atomic E-state index is 0.0637. The van der Waals surface area contributed by atoms with Crippen LogP contribution in [0.4, 0.5) is 0 Å². The zero-order chi connectivity index (χ0) is 15.8. The van der Waals surface area contributed by atoms with Gasteiger partial charge in [-0.3, -0.25) is 0 Å². The number of rotatable bonds is 4. The van der Waals surface area contributed by atoms with E-state index in [2.05, 4.69) is 20.9 Å². The molecule has 0 fully saturated rings. The summed E-state index contributed by atoms with van der Waals surface area (Å²) in [6.07, 6.45) is 0. The first-order valence-electron chi connectivity index (χ1n) is 6.72. The normalized spacial score (nSPS) is 14.2. The Morgan fingerprint density at radius 2 is 2.44 bits per heavy atom. The van der Waals surface area contributed by atoms with Gasteiger partial charge in [0.1, 0.15) is 0 Å². The molecule has 0 aliphatic rings. The van der Waals surface area contributed by atoms with Gasteiger partial charge in [-0.05, 0) is 35.0 Å². The Labute approximate surface area is 117 Å². The van der Waals surface area contributed by atoms with Crippen molar-refractivity contribution in [3.63, 3.8) is 0 Å². The van der Waals surface area contributed by atoms with Crippen LogP contribution >= 0.6 is 15.9 Å². The van der Waals surface area contributed by atoms with Crippen molar-refractivity contribution in [1.82, 2.24) is 9.55 Å². The number of ether oxygens (including phenoxy) is 1. The minimum atomic E-state index is -2.47. The second-order valence-electron chi connectivity index (χ2n) is 3.82. The SMILES string of the molecule is [2H]C([2H])([2H])OCCn1c(Br)cc2cc(C)nc(C(=O)O)c21. The summed E-state index contributed by atoms with van der Waals surface area (Å²) in [6, 6.07) is 3.54. The first kappa shape index (κ1) is 9.52. The van der Waals surface area contributed by atoms with Crippen LogP contribution < -0.4 is 0 Å². The molecular formula is C12H13BrN2O3. The number of aromatic nitrogens is 2. The molecule has 0 spiro atoms. The Morgan fingerprint density at radius 1 is 1.67 bits per heavy atom. The van der Waals surface area contributed by atoms with Crippen molar-refractivity contribution >= 4 is 32.8 Å². The highest BCUT2D eigenvalue weighted by molar-refractivity contribution is 9.10. The molecule has 0 aliphatic heterocycles. The molecule has 0 saturated heterocycles. The number of fused-ring (bicyclic) bond motifs is 1. The van der Waals surface area contributed by atoms with Crippen molar-refractivity contribution in [3.8, 4) is 0 Å². The molecule has 0 radical (unpaired) electrons. The average molecular weight is 316 g/mol. The van der Waals surface area contributed by atoms with Gasteiger partial charge in [-0.15, -0.1) is 0 Å². The first-order valence-corrected chi connectivity index (χ1v) is 6.02. The van der Waals surface area contributed by atoms with Crippen LogP contribution in [0.15, 0.2) is 16.7 Å². The molecule has 2 aromatic heterocycles.